The van der Waals surface area contributed by atoms with Crippen LogP contribution in [0.3, 0.4) is 0 Å². The van der Waals surface area contributed by atoms with Crippen LogP contribution in [0, 0.1) is 5.82 Å². The highest BCUT2D eigenvalue weighted by molar-refractivity contribution is 9.10. The summed E-state index contributed by atoms with van der Waals surface area (Å²) >= 11 is 6.17. The van der Waals surface area contributed by atoms with Gasteiger partial charge in [0.25, 0.3) is 0 Å². The summed E-state index contributed by atoms with van der Waals surface area (Å²) in [5, 5.41) is 0. The average Bonchev–Trinajstić information content (AvgIpc) is 2.32. The third kappa shape index (κ3) is 3.52. The van der Waals surface area contributed by atoms with Crippen molar-refractivity contribution in [3.8, 4) is 11.5 Å². The summed E-state index contributed by atoms with van der Waals surface area (Å²) in [7, 11) is 0. The van der Waals surface area contributed by atoms with Gasteiger partial charge in [0.2, 0.25) is 0 Å². The molecule has 106 valence electrons. The van der Waals surface area contributed by atoms with Crippen molar-refractivity contribution in [3.05, 3.63) is 56.7 Å². The van der Waals surface area contributed by atoms with Crippen LogP contribution in [-0.2, 0) is 6.18 Å². The lowest BCUT2D eigenvalue weighted by Crippen LogP contribution is -2.07. The number of rotatable bonds is 2. The normalized spacial score (nSPS) is 11.5. The minimum Gasteiger partial charge on any atom is -0.455 e. The van der Waals surface area contributed by atoms with Gasteiger partial charge in [-0.3, -0.25) is 0 Å². The van der Waals surface area contributed by atoms with Crippen molar-refractivity contribution in [2.75, 3.05) is 0 Å². The van der Waals surface area contributed by atoms with E-state index in [1.165, 1.54) is 24.3 Å². The van der Waals surface area contributed by atoms with Gasteiger partial charge in [-0.25, -0.2) is 4.39 Å². The first kappa shape index (κ1) is 15.3. The lowest BCUT2D eigenvalue weighted by Gasteiger charge is -2.15. The van der Waals surface area contributed by atoms with Crippen LogP contribution in [0.15, 0.2) is 45.3 Å². The summed E-state index contributed by atoms with van der Waals surface area (Å²) in [6.45, 7) is 0. The topological polar surface area (TPSA) is 9.23 Å². The van der Waals surface area contributed by atoms with Crippen molar-refractivity contribution in [1.29, 1.82) is 0 Å². The molecule has 2 aromatic rings. The van der Waals surface area contributed by atoms with E-state index in [4.69, 9.17) is 4.74 Å². The molecule has 20 heavy (non-hydrogen) atoms. The average molecular weight is 414 g/mol. The maximum absolute atomic E-state index is 13.1. The van der Waals surface area contributed by atoms with Gasteiger partial charge in [0, 0.05) is 10.5 Å². The summed E-state index contributed by atoms with van der Waals surface area (Å²) in [6, 6.07) is 6.87. The van der Waals surface area contributed by atoms with Crippen LogP contribution in [0.1, 0.15) is 5.56 Å². The molecule has 0 bridgehead atoms. The summed E-state index contributed by atoms with van der Waals surface area (Å²) in [5.41, 5.74) is -0.933. The quantitative estimate of drug-likeness (QED) is 0.535. The first-order valence-corrected chi connectivity index (χ1v) is 6.85. The molecular weight excluding hydrogens is 408 g/mol. The van der Waals surface area contributed by atoms with Gasteiger partial charge in [-0.15, -0.1) is 0 Å². The molecular formula is C13H6Br2F4O. The molecule has 0 unspecified atom stereocenters. The van der Waals surface area contributed by atoms with E-state index in [1.54, 1.807) is 0 Å². The second-order valence-corrected chi connectivity index (χ2v) is 5.59. The molecule has 0 radical (unpaired) electrons. The molecule has 0 N–H and O–H groups in total. The first-order chi connectivity index (χ1) is 9.27. The Morgan fingerprint density at radius 3 is 2.25 bits per heavy atom. The van der Waals surface area contributed by atoms with E-state index in [0.717, 1.165) is 12.1 Å². The lowest BCUT2D eigenvalue weighted by molar-refractivity contribution is -0.138. The lowest BCUT2D eigenvalue weighted by atomic mass is 10.2. The molecule has 1 nitrogen and oxygen atoms in total. The van der Waals surface area contributed by atoms with Crippen LogP contribution in [0.4, 0.5) is 17.6 Å². The van der Waals surface area contributed by atoms with Crippen molar-refractivity contribution in [2.45, 2.75) is 6.18 Å². The zero-order valence-corrected chi connectivity index (χ0v) is 12.8. The second-order valence-electron chi connectivity index (χ2n) is 3.82. The first-order valence-electron chi connectivity index (χ1n) is 5.27. The zero-order chi connectivity index (χ0) is 14.9. The third-order valence-electron chi connectivity index (χ3n) is 2.36. The van der Waals surface area contributed by atoms with Gasteiger partial charge < -0.3 is 4.74 Å². The van der Waals surface area contributed by atoms with Crippen molar-refractivity contribution in [1.82, 2.24) is 0 Å². The molecule has 0 saturated carbocycles. The summed E-state index contributed by atoms with van der Waals surface area (Å²) in [5.74, 6) is -1.04. The molecule has 0 aliphatic heterocycles. The molecule has 0 heterocycles. The Hall–Kier alpha value is -1.08. The van der Waals surface area contributed by atoms with E-state index in [1.807, 2.05) is 0 Å². The molecule has 0 aliphatic rings. The van der Waals surface area contributed by atoms with Crippen molar-refractivity contribution in [3.63, 3.8) is 0 Å². The third-order valence-corrected chi connectivity index (χ3v) is 3.51. The number of ether oxygens (including phenoxy) is 1. The van der Waals surface area contributed by atoms with Crippen LogP contribution in [0.25, 0.3) is 0 Å². The fourth-order valence-corrected chi connectivity index (χ4v) is 2.16. The van der Waals surface area contributed by atoms with Gasteiger partial charge in [0.15, 0.2) is 0 Å². The number of hydrogen-bond acceptors (Lipinski definition) is 1. The van der Waals surface area contributed by atoms with E-state index < -0.39 is 23.3 Å². The molecule has 0 aromatic heterocycles. The van der Waals surface area contributed by atoms with Crippen LogP contribution >= 0.6 is 31.9 Å². The Labute approximate surface area is 128 Å². The maximum atomic E-state index is 13.1. The van der Waals surface area contributed by atoms with Gasteiger partial charge in [-0.1, -0.05) is 15.9 Å². The minimum absolute atomic E-state index is 0.0337. The molecule has 0 amide bonds. The number of halogens is 6. The predicted octanol–water partition coefficient (Wildman–Crippen LogP) is 6.16. The van der Waals surface area contributed by atoms with Crippen molar-refractivity contribution >= 4 is 31.9 Å². The Kier molecular flexibility index (Phi) is 4.39. The Bertz CT molecular complexity index is 641. The molecule has 2 rings (SSSR count). The highest BCUT2D eigenvalue weighted by atomic mass is 79.9. The molecule has 0 saturated heterocycles. The number of hydrogen-bond donors (Lipinski definition) is 0. The Morgan fingerprint density at radius 2 is 1.60 bits per heavy atom. The summed E-state index contributed by atoms with van der Waals surface area (Å²) in [6.07, 6.45) is -4.56. The van der Waals surface area contributed by atoms with Crippen molar-refractivity contribution < 1.29 is 22.3 Å². The van der Waals surface area contributed by atoms with Gasteiger partial charge in [0.05, 0.1) is 10.0 Å². The molecule has 0 fully saturated rings. The predicted molar refractivity (Wildman–Crippen MR) is 73.3 cm³/mol. The smallest absolute Gasteiger partial charge is 0.419 e. The van der Waals surface area contributed by atoms with Gasteiger partial charge >= 0.3 is 6.18 Å². The minimum atomic E-state index is -4.56. The second kappa shape index (κ2) is 5.73. The molecule has 0 aliphatic carbocycles. The molecule has 2 aromatic carbocycles. The molecule has 7 heteroatoms. The van der Waals surface area contributed by atoms with E-state index in [9.17, 15) is 17.6 Å². The fourth-order valence-electron chi connectivity index (χ4n) is 1.49. The number of alkyl halides is 3. The fraction of sp³-hybridized carbons (Fsp3) is 0.0769. The van der Waals surface area contributed by atoms with Gasteiger partial charge in [0.1, 0.15) is 17.3 Å². The van der Waals surface area contributed by atoms with Crippen LogP contribution in [0.2, 0.25) is 0 Å². The Morgan fingerprint density at radius 1 is 0.900 bits per heavy atom. The molecule has 0 atom stereocenters. The van der Waals surface area contributed by atoms with Crippen LogP contribution in [-0.4, -0.2) is 0 Å². The zero-order valence-electron chi connectivity index (χ0n) is 9.64. The Balaban J connectivity index is 2.47. The largest absolute Gasteiger partial charge is 0.455 e. The monoisotopic (exact) mass is 412 g/mol. The number of benzene rings is 2. The van der Waals surface area contributed by atoms with Crippen molar-refractivity contribution in [2.24, 2.45) is 0 Å². The van der Waals surface area contributed by atoms with E-state index >= 15 is 0 Å². The SMILES string of the molecule is Fc1ccc(Br)c(Oc2cc(Br)ccc2C(F)(F)F)c1. The van der Waals surface area contributed by atoms with E-state index in [-0.39, 0.29) is 5.75 Å². The summed E-state index contributed by atoms with van der Waals surface area (Å²) < 4.78 is 57.7. The highest BCUT2D eigenvalue weighted by Crippen LogP contribution is 2.40. The molecule has 0 spiro atoms. The van der Waals surface area contributed by atoms with Crippen LogP contribution < -0.4 is 4.74 Å². The summed E-state index contributed by atoms with van der Waals surface area (Å²) in [4.78, 5) is 0. The maximum Gasteiger partial charge on any atom is 0.419 e. The van der Waals surface area contributed by atoms with E-state index in [2.05, 4.69) is 31.9 Å². The van der Waals surface area contributed by atoms with Gasteiger partial charge in [-0.05, 0) is 46.3 Å². The van der Waals surface area contributed by atoms with Crippen LogP contribution in [0.5, 0.6) is 11.5 Å². The van der Waals surface area contributed by atoms with Gasteiger partial charge in [-0.2, -0.15) is 13.2 Å². The standard InChI is InChI=1S/C13H6Br2F4O/c14-7-1-3-9(13(17,18)19)11(5-7)20-12-6-8(16)2-4-10(12)15/h1-6H. The highest BCUT2D eigenvalue weighted by Gasteiger charge is 2.34. The van der Waals surface area contributed by atoms with E-state index in [0.29, 0.717) is 8.95 Å².